The fraction of sp³-hybridized carbons (Fsp3) is 0.926. The van der Waals surface area contributed by atoms with Gasteiger partial charge in [0.1, 0.15) is 12.2 Å². The topological polar surface area (TPSA) is 43.4 Å². The third-order valence-corrected chi connectivity index (χ3v) is 5.90. The van der Waals surface area contributed by atoms with E-state index in [2.05, 4.69) is 6.92 Å². The molecule has 0 saturated carbocycles. The number of hydrogen-bond acceptors (Lipinski definition) is 3. The summed E-state index contributed by atoms with van der Waals surface area (Å²) in [6.45, 7) is 4.17. The van der Waals surface area contributed by atoms with Crippen molar-refractivity contribution in [1.29, 1.82) is 0 Å². The van der Waals surface area contributed by atoms with E-state index in [0.717, 1.165) is 12.8 Å². The SMILES string of the molecule is CCCCCCCCCCCCCCCCCCCCCCCOC(=O)CC(C)=O. The fourth-order valence-electron chi connectivity index (χ4n) is 3.97. The maximum absolute atomic E-state index is 11.2. The molecule has 0 radical (unpaired) electrons. The number of unbranched alkanes of at least 4 members (excludes halogenated alkanes) is 20. The molecule has 0 heterocycles. The van der Waals surface area contributed by atoms with Crippen molar-refractivity contribution >= 4 is 11.8 Å². The molecule has 0 amide bonds. The summed E-state index contributed by atoms with van der Waals surface area (Å²) in [5.41, 5.74) is 0. The molecule has 0 aliphatic rings. The molecule has 0 unspecified atom stereocenters. The molecule has 30 heavy (non-hydrogen) atoms. The molecule has 0 saturated heterocycles. The largest absolute Gasteiger partial charge is 0.465 e. The van der Waals surface area contributed by atoms with Crippen LogP contribution in [0, 0.1) is 0 Å². The minimum Gasteiger partial charge on any atom is -0.465 e. The van der Waals surface area contributed by atoms with Crippen molar-refractivity contribution in [2.45, 2.75) is 155 Å². The molecule has 0 aromatic carbocycles. The molecule has 3 heteroatoms. The molecule has 178 valence electrons. The maximum atomic E-state index is 11.2. The molecule has 0 spiro atoms. The zero-order valence-corrected chi connectivity index (χ0v) is 20.5. The van der Waals surface area contributed by atoms with Gasteiger partial charge in [-0.2, -0.15) is 0 Å². The Morgan fingerprint density at radius 3 is 1.10 bits per heavy atom. The Hall–Kier alpha value is -0.860. The fourth-order valence-corrected chi connectivity index (χ4v) is 3.97. The Morgan fingerprint density at radius 2 is 0.800 bits per heavy atom. The zero-order valence-electron chi connectivity index (χ0n) is 20.5. The van der Waals surface area contributed by atoms with Crippen molar-refractivity contribution in [2.24, 2.45) is 0 Å². The van der Waals surface area contributed by atoms with E-state index in [1.807, 2.05) is 0 Å². The van der Waals surface area contributed by atoms with Crippen LogP contribution in [0.5, 0.6) is 0 Å². The summed E-state index contributed by atoms with van der Waals surface area (Å²) in [5, 5.41) is 0. The number of esters is 1. The number of Topliss-reactive ketones (excluding diaryl/α,β-unsaturated/α-hetero) is 1. The molecule has 0 bridgehead atoms. The van der Waals surface area contributed by atoms with Crippen molar-refractivity contribution in [3.05, 3.63) is 0 Å². The van der Waals surface area contributed by atoms with E-state index in [1.54, 1.807) is 0 Å². The van der Waals surface area contributed by atoms with Crippen molar-refractivity contribution in [1.82, 2.24) is 0 Å². The number of carbonyl (C=O) groups excluding carboxylic acids is 2. The second kappa shape index (κ2) is 24.4. The summed E-state index contributed by atoms with van der Waals surface area (Å²) >= 11 is 0. The lowest BCUT2D eigenvalue weighted by Gasteiger charge is -2.05. The molecular formula is C27H52O3. The zero-order chi connectivity index (χ0) is 22.1. The van der Waals surface area contributed by atoms with Crippen LogP contribution in [0.3, 0.4) is 0 Å². The van der Waals surface area contributed by atoms with Gasteiger partial charge < -0.3 is 4.74 Å². The van der Waals surface area contributed by atoms with Crippen LogP contribution >= 0.6 is 0 Å². The number of rotatable bonds is 24. The van der Waals surface area contributed by atoms with Crippen LogP contribution < -0.4 is 0 Å². The van der Waals surface area contributed by atoms with E-state index in [0.29, 0.717) is 6.61 Å². The third-order valence-electron chi connectivity index (χ3n) is 5.90. The first-order valence-electron chi connectivity index (χ1n) is 13.3. The van der Waals surface area contributed by atoms with E-state index >= 15 is 0 Å². The van der Waals surface area contributed by atoms with Crippen molar-refractivity contribution < 1.29 is 14.3 Å². The normalized spacial score (nSPS) is 11.0. The maximum Gasteiger partial charge on any atom is 0.313 e. The molecular weight excluding hydrogens is 372 g/mol. The van der Waals surface area contributed by atoms with Gasteiger partial charge in [-0.15, -0.1) is 0 Å². The third kappa shape index (κ3) is 25.2. The van der Waals surface area contributed by atoms with Crippen LogP contribution in [0.25, 0.3) is 0 Å². The predicted molar refractivity (Wildman–Crippen MR) is 129 cm³/mol. The summed E-state index contributed by atoms with van der Waals surface area (Å²) in [6.07, 6.45) is 28.6. The summed E-state index contributed by atoms with van der Waals surface area (Å²) < 4.78 is 5.03. The molecule has 0 aliphatic heterocycles. The van der Waals surface area contributed by atoms with Gasteiger partial charge in [-0.1, -0.05) is 135 Å². The lowest BCUT2D eigenvalue weighted by atomic mass is 10.0. The smallest absolute Gasteiger partial charge is 0.313 e. The van der Waals surface area contributed by atoms with Gasteiger partial charge in [-0.05, 0) is 13.3 Å². The summed E-state index contributed by atoms with van der Waals surface area (Å²) in [4.78, 5) is 22.0. The van der Waals surface area contributed by atoms with Crippen LogP contribution in [-0.2, 0) is 14.3 Å². The molecule has 3 nitrogen and oxygen atoms in total. The van der Waals surface area contributed by atoms with Gasteiger partial charge >= 0.3 is 5.97 Å². The lowest BCUT2D eigenvalue weighted by molar-refractivity contribution is -0.145. The molecule has 0 N–H and O–H groups in total. The average Bonchev–Trinajstić information content (AvgIpc) is 2.71. The molecule has 0 fully saturated rings. The van der Waals surface area contributed by atoms with Crippen molar-refractivity contribution in [3.8, 4) is 0 Å². The predicted octanol–water partition coefficient (Wildman–Crippen LogP) is 8.72. The van der Waals surface area contributed by atoms with Crippen LogP contribution in [0.2, 0.25) is 0 Å². The van der Waals surface area contributed by atoms with Crippen molar-refractivity contribution in [3.63, 3.8) is 0 Å². The molecule has 0 aliphatic carbocycles. The van der Waals surface area contributed by atoms with Crippen molar-refractivity contribution in [2.75, 3.05) is 6.61 Å². The number of ether oxygens (including phenoxy) is 1. The highest BCUT2D eigenvalue weighted by atomic mass is 16.5. The quantitative estimate of drug-likeness (QED) is 0.0883. The highest BCUT2D eigenvalue weighted by Crippen LogP contribution is 2.15. The van der Waals surface area contributed by atoms with Crippen LogP contribution in [0.1, 0.15) is 155 Å². The van der Waals surface area contributed by atoms with Gasteiger partial charge in [-0.3, -0.25) is 9.59 Å². The average molecular weight is 425 g/mol. The minimum atomic E-state index is -0.379. The highest BCUT2D eigenvalue weighted by molar-refractivity contribution is 5.94. The molecule has 0 aromatic rings. The van der Waals surface area contributed by atoms with Gasteiger partial charge in [0.15, 0.2) is 0 Å². The second-order valence-electron chi connectivity index (χ2n) is 9.17. The second-order valence-corrected chi connectivity index (χ2v) is 9.17. The molecule has 0 aromatic heterocycles. The Labute approximate surface area is 188 Å². The molecule has 0 rings (SSSR count). The monoisotopic (exact) mass is 424 g/mol. The van der Waals surface area contributed by atoms with E-state index in [9.17, 15) is 9.59 Å². The Kier molecular flexibility index (Phi) is 23.7. The van der Waals surface area contributed by atoms with Gasteiger partial charge in [-0.25, -0.2) is 0 Å². The number of ketones is 1. The van der Waals surface area contributed by atoms with E-state index in [4.69, 9.17) is 4.74 Å². The highest BCUT2D eigenvalue weighted by Gasteiger charge is 2.05. The van der Waals surface area contributed by atoms with Gasteiger partial charge in [0, 0.05) is 0 Å². The first-order chi connectivity index (χ1) is 14.7. The van der Waals surface area contributed by atoms with Crippen LogP contribution in [0.4, 0.5) is 0 Å². The Morgan fingerprint density at radius 1 is 0.500 bits per heavy atom. The lowest BCUT2D eigenvalue weighted by Crippen LogP contribution is -2.09. The first kappa shape index (κ1) is 29.1. The summed E-state index contributed by atoms with van der Waals surface area (Å²) in [7, 11) is 0. The van der Waals surface area contributed by atoms with Crippen LogP contribution in [0.15, 0.2) is 0 Å². The van der Waals surface area contributed by atoms with Crippen LogP contribution in [-0.4, -0.2) is 18.4 Å². The summed E-state index contributed by atoms with van der Waals surface area (Å²) in [6, 6.07) is 0. The number of carbonyl (C=O) groups is 2. The van der Waals surface area contributed by atoms with Gasteiger partial charge in [0.05, 0.1) is 6.61 Å². The van der Waals surface area contributed by atoms with Gasteiger partial charge in [0.25, 0.3) is 0 Å². The Balaban J connectivity index is 3.06. The first-order valence-corrected chi connectivity index (χ1v) is 13.3. The Bertz CT molecular complexity index is 378. The van der Waals surface area contributed by atoms with E-state index in [1.165, 1.54) is 129 Å². The van der Waals surface area contributed by atoms with Gasteiger partial charge in [0.2, 0.25) is 0 Å². The standard InChI is InChI=1S/C27H52O3/c1-3-4-5-6-7-8-9-10-11-12-13-14-15-16-17-18-19-20-21-22-23-24-30-27(29)25-26(2)28/h3-25H2,1-2H3. The summed E-state index contributed by atoms with van der Waals surface area (Å²) in [5.74, 6) is -0.505. The minimum absolute atomic E-state index is 0.0841. The molecule has 0 atom stereocenters. The van der Waals surface area contributed by atoms with E-state index < -0.39 is 0 Å². The van der Waals surface area contributed by atoms with E-state index in [-0.39, 0.29) is 18.2 Å². The number of hydrogen-bond donors (Lipinski definition) is 0.